The van der Waals surface area contributed by atoms with Crippen LogP contribution in [0.5, 0.6) is 0 Å². The molecule has 1 fully saturated rings. The molecule has 1 heterocycles. The Morgan fingerprint density at radius 2 is 2.31 bits per heavy atom. The van der Waals surface area contributed by atoms with Gasteiger partial charge in [0.05, 0.1) is 19.3 Å². The number of hydrogen-bond donors (Lipinski definition) is 1. The van der Waals surface area contributed by atoms with Gasteiger partial charge in [-0.05, 0) is 17.7 Å². The molecule has 0 atom stereocenters. The van der Waals surface area contributed by atoms with Gasteiger partial charge < -0.3 is 10.1 Å². The predicted molar refractivity (Wildman–Crippen MR) is 64.7 cm³/mol. The molecule has 1 N–H and O–H groups in total. The van der Waals surface area contributed by atoms with E-state index in [9.17, 15) is 0 Å². The first-order chi connectivity index (χ1) is 7.74. The fourth-order valence-corrected chi connectivity index (χ4v) is 2.09. The average molecular weight is 281 g/mol. The molecule has 84 valence electrons. The summed E-state index contributed by atoms with van der Waals surface area (Å²) >= 11 is 3.43. The molecular formula is C12H13BrN2O. The van der Waals surface area contributed by atoms with Crippen molar-refractivity contribution in [3.63, 3.8) is 0 Å². The first-order valence-corrected chi connectivity index (χ1v) is 5.98. The summed E-state index contributed by atoms with van der Waals surface area (Å²) in [5.74, 6) is 0. The zero-order chi connectivity index (χ0) is 11.4. The van der Waals surface area contributed by atoms with Crippen LogP contribution >= 0.6 is 15.9 Å². The van der Waals surface area contributed by atoms with Crippen molar-refractivity contribution in [1.29, 1.82) is 5.26 Å². The molecule has 3 nitrogen and oxygen atoms in total. The Balaban J connectivity index is 1.82. The third-order valence-corrected chi connectivity index (χ3v) is 3.17. The summed E-state index contributed by atoms with van der Waals surface area (Å²) in [4.78, 5) is 0. The van der Waals surface area contributed by atoms with Gasteiger partial charge in [-0.15, -0.1) is 0 Å². The Kier molecular flexibility index (Phi) is 3.59. The summed E-state index contributed by atoms with van der Waals surface area (Å²) in [7, 11) is 0. The summed E-state index contributed by atoms with van der Waals surface area (Å²) < 4.78 is 6.16. The van der Waals surface area contributed by atoms with Crippen LogP contribution in [0.1, 0.15) is 5.56 Å². The summed E-state index contributed by atoms with van der Waals surface area (Å²) in [6, 6.07) is 10.5. The number of nitrogens with one attached hydrogen (secondary N) is 1. The van der Waals surface area contributed by atoms with Crippen LogP contribution < -0.4 is 5.32 Å². The van der Waals surface area contributed by atoms with E-state index in [1.165, 1.54) is 5.56 Å². The molecule has 0 radical (unpaired) electrons. The third-order valence-electron chi connectivity index (χ3n) is 2.68. The van der Waals surface area contributed by atoms with Crippen molar-refractivity contribution in [2.24, 2.45) is 5.41 Å². The van der Waals surface area contributed by atoms with Crippen LogP contribution in [0.15, 0.2) is 28.7 Å². The molecule has 1 saturated heterocycles. The van der Waals surface area contributed by atoms with Crippen LogP contribution in [0.3, 0.4) is 0 Å². The molecule has 0 amide bonds. The van der Waals surface area contributed by atoms with E-state index >= 15 is 0 Å². The van der Waals surface area contributed by atoms with Gasteiger partial charge >= 0.3 is 0 Å². The smallest absolute Gasteiger partial charge is 0.116 e. The normalized spacial score (nSPS) is 17.5. The fourth-order valence-electron chi connectivity index (χ4n) is 1.65. The van der Waals surface area contributed by atoms with Crippen molar-refractivity contribution in [2.45, 2.75) is 6.54 Å². The van der Waals surface area contributed by atoms with Crippen molar-refractivity contribution < 1.29 is 4.74 Å². The Hall–Kier alpha value is -0.890. The number of benzene rings is 1. The summed E-state index contributed by atoms with van der Waals surface area (Å²) in [6.07, 6.45) is 0. The Morgan fingerprint density at radius 3 is 2.88 bits per heavy atom. The number of nitrogens with zero attached hydrogens (tertiary/aromatic N) is 1. The second-order valence-electron chi connectivity index (χ2n) is 4.12. The lowest BCUT2D eigenvalue weighted by molar-refractivity contribution is -0.0755. The second-order valence-corrected chi connectivity index (χ2v) is 5.03. The van der Waals surface area contributed by atoms with Gasteiger partial charge in [0.15, 0.2) is 0 Å². The van der Waals surface area contributed by atoms with Crippen LogP contribution in [0.2, 0.25) is 0 Å². The quantitative estimate of drug-likeness (QED) is 0.919. The standard InChI is InChI=1S/C12H13BrN2O/c13-11-3-1-2-10(4-11)5-15-7-12(6-14)8-16-9-12/h1-4,15H,5,7-9H2. The van der Waals surface area contributed by atoms with Crippen LogP contribution in [0, 0.1) is 16.7 Å². The van der Waals surface area contributed by atoms with E-state index in [0.717, 1.165) is 11.0 Å². The minimum absolute atomic E-state index is 0.300. The zero-order valence-electron chi connectivity index (χ0n) is 8.87. The first kappa shape index (κ1) is 11.6. The van der Waals surface area contributed by atoms with E-state index in [-0.39, 0.29) is 5.41 Å². The van der Waals surface area contributed by atoms with E-state index in [0.29, 0.717) is 19.8 Å². The van der Waals surface area contributed by atoms with Crippen molar-refractivity contribution >= 4 is 15.9 Å². The monoisotopic (exact) mass is 280 g/mol. The molecule has 1 aliphatic heterocycles. The summed E-state index contributed by atoms with van der Waals surface area (Å²) in [5, 5.41) is 12.3. The number of nitriles is 1. The lowest BCUT2D eigenvalue weighted by Crippen LogP contribution is -2.48. The van der Waals surface area contributed by atoms with Gasteiger partial charge in [-0.2, -0.15) is 5.26 Å². The molecule has 16 heavy (non-hydrogen) atoms. The van der Waals surface area contributed by atoms with E-state index in [1.807, 2.05) is 12.1 Å². The number of halogens is 1. The van der Waals surface area contributed by atoms with Crippen LogP contribution in [-0.2, 0) is 11.3 Å². The maximum absolute atomic E-state index is 9.00. The lowest BCUT2D eigenvalue weighted by Gasteiger charge is -2.35. The number of hydrogen-bond acceptors (Lipinski definition) is 3. The van der Waals surface area contributed by atoms with Gasteiger partial charge in [-0.25, -0.2) is 0 Å². The first-order valence-electron chi connectivity index (χ1n) is 5.18. The molecular weight excluding hydrogens is 268 g/mol. The molecule has 1 aromatic carbocycles. The minimum atomic E-state index is -0.300. The maximum Gasteiger partial charge on any atom is 0.116 e. The van der Waals surface area contributed by atoms with Crippen LogP contribution in [-0.4, -0.2) is 19.8 Å². The molecule has 0 bridgehead atoms. The lowest BCUT2D eigenvalue weighted by atomic mass is 9.88. The Morgan fingerprint density at radius 1 is 1.50 bits per heavy atom. The molecule has 0 spiro atoms. The third kappa shape index (κ3) is 2.62. The fraction of sp³-hybridized carbons (Fsp3) is 0.417. The highest BCUT2D eigenvalue weighted by molar-refractivity contribution is 9.10. The summed E-state index contributed by atoms with van der Waals surface area (Å²) in [5.41, 5.74) is 0.911. The van der Waals surface area contributed by atoms with Gasteiger partial charge in [0.1, 0.15) is 5.41 Å². The SMILES string of the molecule is N#CC1(CNCc2cccc(Br)c2)COC1. The van der Waals surface area contributed by atoms with Crippen LogP contribution in [0.25, 0.3) is 0 Å². The highest BCUT2D eigenvalue weighted by Crippen LogP contribution is 2.25. The number of ether oxygens (including phenoxy) is 1. The van der Waals surface area contributed by atoms with Gasteiger partial charge in [-0.1, -0.05) is 28.1 Å². The molecule has 1 aromatic rings. The van der Waals surface area contributed by atoms with Crippen molar-refractivity contribution in [2.75, 3.05) is 19.8 Å². The summed E-state index contributed by atoms with van der Waals surface area (Å²) in [6.45, 7) is 2.57. The highest BCUT2D eigenvalue weighted by Gasteiger charge is 2.38. The van der Waals surface area contributed by atoms with Crippen molar-refractivity contribution in [3.8, 4) is 6.07 Å². The molecule has 0 saturated carbocycles. The molecule has 2 rings (SSSR count). The maximum atomic E-state index is 9.00. The predicted octanol–water partition coefficient (Wildman–Crippen LogP) is 2.08. The van der Waals surface area contributed by atoms with E-state index < -0.39 is 0 Å². The average Bonchev–Trinajstić information content (AvgIpc) is 2.22. The molecule has 1 aliphatic rings. The highest BCUT2D eigenvalue weighted by atomic mass is 79.9. The minimum Gasteiger partial charge on any atom is -0.378 e. The zero-order valence-corrected chi connectivity index (χ0v) is 10.5. The largest absolute Gasteiger partial charge is 0.378 e. The van der Waals surface area contributed by atoms with Gasteiger partial charge in [-0.3, -0.25) is 0 Å². The van der Waals surface area contributed by atoms with Crippen molar-refractivity contribution in [3.05, 3.63) is 34.3 Å². The van der Waals surface area contributed by atoms with Crippen LogP contribution in [0.4, 0.5) is 0 Å². The second kappa shape index (κ2) is 4.96. The molecule has 0 aliphatic carbocycles. The Bertz CT molecular complexity index is 410. The molecule has 0 unspecified atom stereocenters. The van der Waals surface area contributed by atoms with E-state index in [2.05, 4.69) is 39.4 Å². The van der Waals surface area contributed by atoms with Gasteiger partial charge in [0.25, 0.3) is 0 Å². The van der Waals surface area contributed by atoms with Gasteiger partial charge in [0.2, 0.25) is 0 Å². The van der Waals surface area contributed by atoms with E-state index in [1.54, 1.807) is 0 Å². The van der Waals surface area contributed by atoms with E-state index in [4.69, 9.17) is 10.00 Å². The van der Waals surface area contributed by atoms with Gasteiger partial charge in [0, 0.05) is 17.6 Å². The Labute approximate surface area is 104 Å². The molecule has 4 heteroatoms. The topological polar surface area (TPSA) is 45.0 Å². The number of rotatable bonds is 4. The molecule has 0 aromatic heterocycles. The van der Waals surface area contributed by atoms with Crippen molar-refractivity contribution in [1.82, 2.24) is 5.32 Å².